The number of non-ortho nitro benzene ring substituents is 1. The number of nitro groups is 1. The molecular formula is C20H18N4O5. The molecule has 0 aliphatic carbocycles. The maximum Gasteiger partial charge on any atom is 0.270 e. The minimum atomic E-state index is -0.689. The Balaban J connectivity index is 1.41. The van der Waals surface area contributed by atoms with Crippen LogP contribution >= 0.6 is 0 Å². The predicted octanol–water partition coefficient (Wildman–Crippen LogP) is 1.96. The van der Waals surface area contributed by atoms with Gasteiger partial charge >= 0.3 is 0 Å². The van der Waals surface area contributed by atoms with Gasteiger partial charge in [0.05, 0.1) is 16.2 Å². The van der Waals surface area contributed by atoms with Gasteiger partial charge in [0.25, 0.3) is 11.6 Å². The van der Waals surface area contributed by atoms with Gasteiger partial charge in [0.1, 0.15) is 12.7 Å². The molecule has 2 aliphatic rings. The zero-order chi connectivity index (χ0) is 20.4. The van der Waals surface area contributed by atoms with Crippen molar-refractivity contribution in [3.63, 3.8) is 0 Å². The Labute approximate surface area is 166 Å². The first-order valence-corrected chi connectivity index (χ1v) is 9.17. The maximum absolute atomic E-state index is 12.8. The first kappa shape index (κ1) is 18.6. The number of nitriles is 1. The van der Waals surface area contributed by atoms with E-state index < -0.39 is 11.0 Å². The van der Waals surface area contributed by atoms with E-state index in [0.29, 0.717) is 43.4 Å². The SMILES string of the molecule is N#Cc1cc([N+](=O)[O-])ccc1N1CCN(C(=O)C2COc3ccccc3O2)CC1. The highest BCUT2D eigenvalue weighted by atomic mass is 16.6. The second-order valence-electron chi connectivity index (χ2n) is 6.75. The summed E-state index contributed by atoms with van der Waals surface area (Å²) < 4.78 is 11.4. The summed E-state index contributed by atoms with van der Waals surface area (Å²) in [5, 5.41) is 20.3. The number of carbonyl (C=O) groups excluding carboxylic acids is 1. The van der Waals surface area contributed by atoms with Crippen molar-refractivity contribution in [3.05, 3.63) is 58.1 Å². The number of rotatable bonds is 3. The van der Waals surface area contributed by atoms with Crippen LogP contribution in [0.2, 0.25) is 0 Å². The molecule has 4 rings (SSSR count). The summed E-state index contributed by atoms with van der Waals surface area (Å²) in [4.78, 5) is 26.9. The van der Waals surface area contributed by atoms with E-state index in [9.17, 15) is 20.2 Å². The van der Waals surface area contributed by atoms with Gasteiger partial charge in [-0.1, -0.05) is 12.1 Å². The molecule has 1 unspecified atom stereocenters. The maximum atomic E-state index is 12.8. The zero-order valence-electron chi connectivity index (χ0n) is 15.5. The Kier molecular flexibility index (Phi) is 4.91. The lowest BCUT2D eigenvalue weighted by Crippen LogP contribution is -2.54. The van der Waals surface area contributed by atoms with Gasteiger partial charge in [-0.25, -0.2) is 0 Å². The molecule has 2 aromatic carbocycles. The Morgan fingerprint density at radius 3 is 2.55 bits per heavy atom. The smallest absolute Gasteiger partial charge is 0.270 e. The molecule has 1 saturated heterocycles. The molecule has 0 bridgehead atoms. The van der Waals surface area contributed by atoms with Crippen LogP contribution in [-0.4, -0.2) is 54.6 Å². The Hall–Kier alpha value is -3.80. The summed E-state index contributed by atoms with van der Waals surface area (Å²) in [6.45, 7) is 2.12. The van der Waals surface area contributed by atoms with Crippen molar-refractivity contribution in [2.75, 3.05) is 37.7 Å². The van der Waals surface area contributed by atoms with Crippen LogP contribution in [0.3, 0.4) is 0 Å². The molecule has 9 nitrogen and oxygen atoms in total. The van der Waals surface area contributed by atoms with E-state index in [2.05, 4.69) is 0 Å². The number of para-hydroxylation sites is 2. The third-order valence-corrected chi connectivity index (χ3v) is 5.03. The summed E-state index contributed by atoms with van der Waals surface area (Å²) >= 11 is 0. The number of hydrogen-bond acceptors (Lipinski definition) is 7. The van der Waals surface area contributed by atoms with Crippen molar-refractivity contribution in [1.29, 1.82) is 5.26 Å². The van der Waals surface area contributed by atoms with E-state index in [4.69, 9.17) is 9.47 Å². The van der Waals surface area contributed by atoms with Crippen LogP contribution in [0, 0.1) is 21.4 Å². The first-order valence-electron chi connectivity index (χ1n) is 9.17. The molecule has 0 radical (unpaired) electrons. The third-order valence-electron chi connectivity index (χ3n) is 5.03. The molecule has 29 heavy (non-hydrogen) atoms. The van der Waals surface area contributed by atoms with Crippen LogP contribution in [0.25, 0.3) is 0 Å². The number of ether oxygens (including phenoxy) is 2. The molecule has 0 aromatic heterocycles. The number of hydrogen-bond donors (Lipinski definition) is 0. The summed E-state index contributed by atoms with van der Waals surface area (Å²) in [5.74, 6) is 1.05. The van der Waals surface area contributed by atoms with Gasteiger partial charge in [-0.15, -0.1) is 0 Å². The quantitative estimate of drug-likeness (QED) is 0.578. The molecule has 148 valence electrons. The van der Waals surface area contributed by atoms with Gasteiger partial charge in [0.2, 0.25) is 6.10 Å². The van der Waals surface area contributed by atoms with Crippen LogP contribution in [0.5, 0.6) is 11.5 Å². The second-order valence-corrected chi connectivity index (χ2v) is 6.75. The van der Waals surface area contributed by atoms with Gasteiger partial charge in [0, 0.05) is 38.3 Å². The molecule has 0 spiro atoms. The van der Waals surface area contributed by atoms with Crippen LogP contribution in [-0.2, 0) is 4.79 Å². The van der Waals surface area contributed by atoms with E-state index in [1.807, 2.05) is 23.1 Å². The molecule has 2 heterocycles. The second kappa shape index (κ2) is 7.67. The molecule has 2 aliphatic heterocycles. The fourth-order valence-corrected chi connectivity index (χ4v) is 3.52. The summed E-state index contributed by atoms with van der Waals surface area (Å²) in [6, 6.07) is 13.5. The number of fused-ring (bicyclic) bond motifs is 1. The average molecular weight is 394 g/mol. The lowest BCUT2D eigenvalue weighted by Gasteiger charge is -2.38. The molecule has 1 fully saturated rings. The fourth-order valence-electron chi connectivity index (χ4n) is 3.52. The van der Waals surface area contributed by atoms with Crippen molar-refractivity contribution in [2.45, 2.75) is 6.10 Å². The standard InChI is InChI=1S/C20H18N4O5/c21-12-14-11-15(24(26)27)5-6-16(14)22-7-9-23(10-8-22)20(25)19-13-28-17-3-1-2-4-18(17)29-19/h1-6,11,19H,7-10,13H2. The minimum absolute atomic E-state index is 0.117. The molecule has 0 saturated carbocycles. The number of anilines is 1. The predicted molar refractivity (Wildman–Crippen MR) is 103 cm³/mol. The number of nitro benzene ring substituents is 1. The molecule has 0 N–H and O–H groups in total. The van der Waals surface area contributed by atoms with Gasteiger partial charge < -0.3 is 19.3 Å². The van der Waals surface area contributed by atoms with Crippen molar-refractivity contribution in [3.8, 4) is 17.6 Å². The molecule has 2 aromatic rings. The fraction of sp³-hybridized carbons (Fsp3) is 0.300. The monoisotopic (exact) mass is 394 g/mol. The van der Waals surface area contributed by atoms with Crippen LogP contribution in [0.15, 0.2) is 42.5 Å². The van der Waals surface area contributed by atoms with Gasteiger partial charge in [-0.3, -0.25) is 14.9 Å². The molecule has 1 amide bonds. The van der Waals surface area contributed by atoms with Gasteiger partial charge in [-0.2, -0.15) is 5.26 Å². The van der Waals surface area contributed by atoms with Crippen molar-refractivity contribution in [1.82, 2.24) is 4.90 Å². The Morgan fingerprint density at radius 1 is 1.14 bits per heavy atom. The van der Waals surface area contributed by atoms with Gasteiger partial charge in [0.15, 0.2) is 11.5 Å². The van der Waals surface area contributed by atoms with Crippen molar-refractivity contribution >= 4 is 17.3 Å². The largest absolute Gasteiger partial charge is 0.485 e. The number of carbonyl (C=O) groups is 1. The first-order chi connectivity index (χ1) is 14.1. The number of piperazine rings is 1. The van der Waals surface area contributed by atoms with Crippen LogP contribution in [0.1, 0.15) is 5.56 Å². The lowest BCUT2D eigenvalue weighted by molar-refractivity contribution is -0.384. The topological polar surface area (TPSA) is 109 Å². The van der Waals surface area contributed by atoms with Gasteiger partial charge in [-0.05, 0) is 18.2 Å². The molecule has 1 atom stereocenters. The lowest BCUT2D eigenvalue weighted by atomic mass is 10.1. The summed E-state index contributed by atoms with van der Waals surface area (Å²) in [7, 11) is 0. The van der Waals surface area contributed by atoms with E-state index in [1.54, 1.807) is 23.1 Å². The summed E-state index contributed by atoms with van der Waals surface area (Å²) in [6.07, 6.45) is -0.689. The number of nitrogens with zero attached hydrogens (tertiary/aromatic N) is 4. The minimum Gasteiger partial charge on any atom is -0.485 e. The van der Waals surface area contributed by atoms with Crippen molar-refractivity contribution in [2.24, 2.45) is 0 Å². The third kappa shape index (κ3) is 3.65. The van der Waals surface area contributed by atoms with E-state index >= 15 is 0 Å². The number of amides is 1. The normalized spacial score (nSPS) is 18.1. The number of benzene rings is 2. The average Bonchev–Trinajstić information content (AvgIpc) is 2.78. The van der Waals surface area contributed by atoms with E-state index in [-0.39, 0.29) is 23.8 Å². The zero-order valence-corrected chi connectivity index (χ0v) is 15.5. The van der Waals surface area contributed by atoms with E-state index in [1.165, 1.54) is 12.1 Å². The Bertz CT molecular complexity index is 995. The highest BCUT2D eigenvalue weighted by molar-refractivity contribution is 5.82. The Morgan fingerprint density at radius 2 is 1.86 bits per heavy atom. The highest BCUT2D eigenvalue weighted by Gasteiger charge is 2.33. The molecular weight excluding hydrogens is 376 g/mol. The molecule has 9 heteroatoms. The van der Waals surface area contributed by atoms with Crippen LogP contribution in [0.4, 0.5) is 11.4 Å². The van der Waals surface area contributed by atoms with E-state index in [0.717, 1.165) is 0 Å². The summed E-state index contributed by atoms with van der Waals surface area (Å²) in [5.41, 5.74) is 0.768. The highest BCUT2D eigenvalue weighted by Crippen LogP contribution is 2.31. The van der Waals surface area contributed by atoms with Crippen molar-refractivity contribution < 1.29 is 19.2 Å². The van der Waals surface area contributed by atoms with Crippen LogP contribution < -0.4 is 14.4 Å².